The molecule has 1 amide bonds. The van der Waals surface area contributed by atoms with Crippen LogP contribution in [0.4, 0.5) is 5.69 Å². The zero-order valence-corrected chi connectivity index (χ0v) is 12.4. The standard InChI is InChI=1S/C15H22N2O3/c1-15(2,3)14(19)17-11-7-5-10(6-8-11)9-12(16)13(18)20-4/h5-8,12H,9,16H2,1-4H3,(H,17,19)/t12-/m0/s1. The molecule has 0 aromatic heterocycles. The lowest BCUT2D eigenvalue weighted by Gasteiger charge is -2.18. The molecule has 0 aliphatic rings. The van der Waals surface area contributed by atoms with Crippen LogP contribution in [0.5, 0.6) is 0 Å². The number of hydrogen-bond acceptors (Lipinski definition) is 4. The number of methoxy groups -OCH3 is 1. The molecule has 3 N–H and O–H groups in total. The first-order chi connectivity index (χ1) is 9.24. The van der Waals surface area contributed by atoms with Crippen LogP contribution in [0.15, 0.2) is 24.3 Å². The number of esters is 1. The monoisotopic (exact) mass is 278 g/mol. The highest BCUT2D eigenvalue weighted by Crippen LogP contribution is 2.18. The molecule has 1 atom stereocenters. The van der Waals surface area contributed by atoms with Crippen molar-refractivity contribution in [3.8, 4) is 0 Å². The number of rotatable bonds is 4. The van der Waals surface area contributed by atoms with Gasteiger partial charge in [-0.05, 0) is 24.1 Å². The number of ether oxygens (including phenoxy) is 1. The van der Waals surface area contributed by atoms with Gasteiger partial charge in [0.25, 0.3) is 0 Å². The lowest BCUT2D eigenvalue weighted by Crippen LogP contribution is -2.33. The van der Waals surface area contributed by atoms with Crippen molar-refractivity contribution < 1.29 is 14.3 Å². The van der Waals surface area contributed by atoms with Gasteiger partial charge in [-0.2, -0.15) is 0 Å². The van der Waals surface area contributed by atoms with Crippen LogP contribution in [0.1, 0.15) is 26.3 Å². The Kier molecular flexibility index (Phi) is 5.27. The minimum absolute atomic E-state index is 0.0449. The van der Waals surface area contributed by atoms with Gasteiger partial charge >= 0.3 is 5.97 Å². The van der Waals surface area contributed by atoms with E-state index in [1.165, 1.54) is 7.11 Å². The van der Waals surface area contributed by atoms with Gasteiger partial charge < -0.3 is 15.8 Å². The molecule has 0 radical (unpaired) electrons. The summed E-state index contributed by atoms with van der Waals surface area (Å²) in [6, 6.07) is 6.59. The fourth-order valence-corrected chi connectivity index (χ4v) is 1.53. The quantitative estimate of drug-likeness (QED) is 0.822. The molecule has 0 unspecified atom stereocenters. The highest BCUT2D eigenvalue weighted by molar-refractivity contribution is 5.94. The number of carbonyl (C=O) groups is 2. The molecular weight excluding hydrogens is 256 g/mol. The fraction of sp³-hybridized carbons (Fsp3) is 0.467. The average Bonchev–Trinajstić information content (AvgIpc) is 2.38. The number of nitrogens with two attached hydrogens (primary N) is 1. The number of carbonyl (C=O) groups excluding carboxylic acids is 2. The van der Waals surface area contributed by atoms with E-state index in [1.54, 1.807) is 12.1 Å². The van der Waals surface area contributed by atoms with Crippen LogP contribution >= 0.6 is 0 Å². The molecule has 110 valence electrons. The number of anilines is 1. The molecule has 0 aliphatic heterocycles. The number of hydrogen-bond donors (Lipinski definition) is 2. The summed E-state index contributed by atoms with van der Waals surface area (Å²) in [5.74, 6) is -0.480. The minimum atomic E-state index is -0.671. The fourth-order valence-electron chi connectivity index (χ4n) is 1.53. The second kappa shape index (κ2) is 6.52. The summed E-state index contributed by atoms with van der Waals surface area (Å²) < 4.78 is 4.58. The van der Waals surface area contributed by atoms with Crippen molar-refractivity contribution in [2.75, 3.05) is 12.4 Å². The largest absolute Gasteiger partial charge is 0.468 e. The lowest BCUT2D eigenvalue weighted by molar-refractivity contribution is -0.142. The van der Waals surface area contributed by atoms with Crippen LogP contribution < -0.4 is 11.1 Å². The van der Waals surface area contributed by atoms with Crippen molar-refractivity contribution in [2.24, 2.45) is 11.1 Å². The molecule has 1 rings (SSSR count). The molecule has 0 saturated heterocycles. The Hall–Kier alpha value is -1.88. The lowest BCUT2D eigenvalue weighted by atomic mass is 9.95. The van der Waals surface area contributed by atoms with Gasteiger partial charge in [-0.25, -0.2) is 0 Å². The highest BCUT2D eigenvalue weighted by atomic mass is 16.5. The summed E-state index contributed by atoms with van der Waals surface area (Å²) in [7, 11) is 1.31. The predicted molar refractivity (Wildman–Crippen MR) is 78.2 cm³/mol. The van der Waals surface area contributed by atoms with Crippen LogP contribution in [0, 0.1) is 5.41 Å². The molecule has 0 saturated carbocycles. The SMILES string of the molecule is COC(=O)[C@@H](N)Cc1ccc(NC(=O)C(C)(C)C)cc1. The predicted octanol–water partition coefficient (Wildman–Crippen LogP) is 1.71. The van der Waals surface area contributed by atoms with Crippen molar-refractivity contribution in [1.82, 2.24) is 0 Å². The maximum Gasteiger partial charge on any atom is 0.322 e. The van der Waals surface area contributed by atoms with Crippen LogP contribution in [-0.4, -0.2) is 25.0 Å². The highest BCUT2D eigenvalue weighted by Gasteiger charge is 2.21. The minimum Gasteiger partial charge on any atom is -0.468 e. The first kappa shape index (κ1) is 16.2. The van der Waals surface area contributed by atoms with E-state index < -0.39 is 17.4 Å². The van der Waals surface area contributed by atoms with Crippen LogP contribution in [0.2, 0.25) is 0 Å². The third kappa shape index (κ3) is 4.66. The van der Waals surface area contributed by atoms with E-state index in [9.17, 15) is 9.59 Å². The zero-order valence-electron chi connectivity index (χ0n) is 12.4. The molecule has 0 spiro atoms. The first-order valence-corrected chi connectivity index (χ1v) is 6.48. The van der Waals surface area contributed by atoms with Crippen LogP contribution in [-0.2, 0) is 20.7 Å². The van der Waals surface area contributed by atoms with Crippen molar-refractivity contribution in [3.05, 3.63) is 29.8 Å². The third-order valence-electron chi connectivity index (χ3n) is 2.85. The van der Waals surface area contributed by atoms with E-state index >= 15 is 0 Å². The van der Waals surface area contributed by atoms with E-state index in [-0.39, 0.29) is 5.91 Å². The van der Waals surface area contributed by atoms with Crippen molar-refractivity contribution >= 4 is 17.6 Å². The Morgan fingerprint density at radius 1 is 1.25 bits per heavy atom. The molecule has 0 heterocycles. The molecule has 20 heavy (non-hydrogen) atoms. The van der Waals surface area contributed by atoms with Gasteiger partial charge in [0.05, 0.1) is 7.11 Å². The molecular formula is C15H22N2O3. The maximum absolute atomic E-state index is 11.8. The first-order valence-electron chi connectivity index (χ1n) is 6.48. The van der Waals surface area contributed by atoms with E-state index in [1.807, 2.05) is 32.9 Å². The Morgan fingerprint density at radius 3 is 2.25 bits per heavy atom. The smallest absolute Gasteiger partial charge is 0.322 e. The molecule has 1 aromatic rings. The Morgan fingerprint density at radius 2 is 1.80 bits per heavy atom. The molecule has 0 fully saturated rings. The summed E-state index contributed by atoms with van der Waals surface area (Å²) >= 11 is 0. The second-order valence-electron chi connectivity index (χ2n) is 5.73. The van der Waals surface area contributed by atoms with Gasteiger partial charge in [-0.1, -0.05) is 32.9 Å². The molecule has 5 nitrogen and oxygen atoms in total. The summed E-state index contributed by atoms with van der Waals surface area (Å²) in [6.45, 7) is 5.56. The number of benzene rings is 1. The van der Waals surface area contributed by atoms with Crippen LogP contribution in [0.3, 0.4) is 0 Å². The summed E-state index contributed by atoms with van der Waals surface area (Å²) in [5.41, 5.74) is 6.89. The Bertz CT molecular complexity index is 475. The van der Waals surface area contributed by atoms with E-state index in [0.717, 1.165) is 11.3 Å². The van der Waals surface area contributed by atoms with Gasteiger partial charge in [0, 0.05) is 11.1 Å². The van der Waals surface area contributed by atoms with Gasteiger partial charge in [-0.15, -0.1) is 0 Å². The van der Waals surface area contributed by atoms with Crippen molar-refractivity contribution in [3.63, 3.8) is 0 Å². The van der Waals surface area contributed by atoms with Crippen molar-refractivity contribution in [2.45, 2.75) is 33.2 Å². The average molecular weight is 278 g/mol. The Balaban J connectivity index is 2.65. The summed E-state index contributed by atoms with van der Waals surface area (Å²) in [5, 5.41) is 2.83. The molecule has 5 heteroatoms. The third-order valence-corrected chi connectivity index (χ3v) is 2.85. The van der Waals surface area contributed by atoms with Gasteiger partial charge in [0.15, 0.2) is 0 Å². The second-order valence-corrected chi connectivity index (χ2v) is 5.73. The van der Waals surface area contributed by atoms with Crippen LogP contribution in [0.25, 0.3) is 0 Å². The molecule has 0 aliphatic carbocycles. The normalized spacial score (nSPS) is 12.7. The van der Waals surface area contributed by atoms with Gasteiger partial charge in [-0.3, -0.25) is 9.59 Å². The topological polar surface area (TPSA) is 81.4 Å². The van der Waals surface area contributed by atoms with E-state index in [4.69, 9.17) is 5.73 Å². The van der Waals surface area contributed by atoms with E-state index in [0.29, 0.717) is 6.42 Å². The number of nitrogens with one attached hydrogen (secondary N) is 1. The van der Waals surface area contributed by atoms with Crippen molar-refractivity contribution in [1.29, 1.82) is 0 Å². The molecule has 1 aromatic carbocycles. The zero-order chi connectivity index (χ0) is 15.3. The Labute approximate surface area is 119 Å². The van der Waals surface area contributed by atoms with E-state index in [2.05, 4.69) is 10.1 Å². The number of amides is 1. The summed E-state index contributed by atoms with van der Waals surface area (Å²) in [6.07, 6.45) is 0.403. The molecule has 0 bridgehead atoms. The van der Waals surface area contributed by atoms with Gasteiger partial charge in [0.2, 0.25) is 5.91 Å². The van der Waals surface area contributed by atoms with Gasteiger partial charge in [0.1, 0.15) is 6.04 Å². The maximum atomic E-state index is 11.8. The summed E-state index contributed by atoms with van der Waals surface area (Å²) in [4.78, 5) is 23.1.